The number of carbonyl (C=O) groups is 3. The van der Waals surface area contributed by atoms with Crippen molar-refractivity contribution in [3.05, 3.63) is 11.3 Å². The van der Waals surface area contributed by atoms with E-state index in [1.165, 1.54) is 5.57 Å². The monoisotopic (exact) mass is 378 g/mol. The molecular weight excluding hydrogens is 348 g/mol. The number of methoxy groups -OCH3 is 1. The molecule has 1 fully saturated rings. The Bertz CT molecular complexity index is 640. The van der Waals surface area contributed by atoms with E-state index in [2.05, 4.69) is 5.32 Å². The number of nitrogens with one attached hydrogen (secondary N) is 1. The molecule has 7 nitrogen and oxygen atoms in total. The number of hydrogen-bond acceptors (Lipinski definition) is 5. The molecule has 7 heteroatoms. The molecule has 0 aromatic rings. The number of nitrogens with zero attached hydrogens (tertiary/aromatic N) is 1. The van der Waals surface area contributed by atoms with E-state index in [0.29, 0.717) is 32.5 Å². The number of amides is 2. The van der Waals surface area contributed by atoms with E-state index in [-0.39, 0.29) is 30.8 Å². The van der Waals surface area contributed by atoms with Gasteiger partial charge in [0.2, 0.25) is 11.8 Å². The van der Waals surface area contributed by atoms with Crippen molar-refractivity contribution in [2.45, 2.75) is 51.9 Å². The predicted molar refractivity (Wildman–Crippen MR) is 98.5 cm³/mol. The highest BCUT2D eigenvalue weighted by Crippen LogP contribution is 2.57. The van der Waals surface area contributed by atoms with Crippen LogP contribution in [0.4, 0.5) is 0 Å². The van der Waals surface area contributed by atoms with Crippen LogP contribution in [-0.4, -0.2) is 56.1 Å². The first-order chi connectivity index (χ1) is 13.1. The molecule has 1 N–H and O–H groups in total. The van der Waals surface area contributed by atoms with E-state index in [1.807, 2.05) is 0 Å². The molecule has 0 radical (unpaired) electrons. The van der Waals surface area contributed by atoms with Gasteiger partial charge in [-0.15, -0.1) is 0 Å². The minimum Gasteiger partial charge on any atom is -0.465 e. The van der Waals surface area contributed by atoms with E-state index in [4.69, 9.17) is 9.47 Å². The smallest absolute Gasteiger partial charge is 0.318 e. The molecule has 0 saturated carbocycles. The second kappa shape index (κ2) is 8.42. The zero-order valence-corrected chi connectivity index (χ0v) is 16.3. The summed E-state index contributed by atoms with van der Waals surface area (Å²) < 4.78 is 10.4. The van der Waals surface area contributed by atoms with Crippen LogP contribution in [0.3, 0.4) is 0 Å². The molecule has 1 aliphatic carbocycles. The van der Waals surface area contributed by atoms with Gasteiger partial charge in [0.1, 0.15) is 5.41 Å². The van der Waals surface area contributed by atoms with Crippen LogP contribution in [0.15, 0.2) is 11.3 Å². The number of allylic oxidation sites excluding steroid dienone is 1. The number of hydrogen-bond donors (Lipinski definition) is 1. The fourth-order valence-electron chi connectivity index (χ4n) is 4.89. The average molecular weight is 378 g/mol. The van der Waals surface area contributed by atoms with E-state index < -0.39 is 11.3 Å². The third-order valence-corrected chi connectivity index (χ3v) is 5.97. The van der Waals surface area contributed by atoms with Gasteiger partial charge in [-0.3, -0.25) is 14.4 Å². The summed E-state index contributed by atoms with van der Waals surface area (Å²) in [5, 5.41) is 2.85. The second-order valence-electron chi connectivity index (χ2n) is 7.54. The van der Waals surface area contributed by atoms with Gasteiger partial charge >= 0.3 is 5.97 Å². The molecule has 0 unspecified atom stereocenters. The molecule has 1 saturated heterocycles. The Morgan fingerprint density at radius 2 is 2.07 bits per heavy atom. The molecule has 150 valence electrons. The number of esters is 1. The summed E-state index contributed by atoms with van der Waals surface area (Å²) in [6.45, 7) is 3.74. The molecule has 2 atom stereocenters. The second-order valence-corrected chi connectivity index (χ2v) is 7.54. The Kier molecular flexibility index (Phi) is 6.19. The van der Waals surface area contributed by atoms with Crippen molar-refractivity contribution in [2.24, 2.45) is 11.3 Å². The van der Waals surface area contributed by atoms with Crippen molar-refractivity contribution in [1.29, 1.82) is 0 Å². The SMILES string of the molecule is CCOC(=O)[C@@]12CCCC3=C1N(CCC3)C(=O)[C@H]2CC(=O)NCCCOC. The summed E-state index contributed by atoms with van der Waals surface area (Å²) >= 11 is 0. The predicted octanol–water partition coefficient (Wildman–Crippen LogP) is 1.77. The molecular formula is C20H30N2O5. The van der Waals surface area contributed by atoms with Gasteiger partial charge in [-0.05, 0) is 51.0 Å². The van der Waals surface area contributed by atoms with Gasteiger partial charge in [0.05, 0.1) is 12.5 Å². The van der Waals surface area contributed by atoms with E-state index in [9.17, 15) is 14.4 Å². The third kappa shape index (κ3) is 3.49. The summed E-state index contributed by atoms with van der Waals surface area (Å²) in [5.74, 6) is -1.29. The Morgan fingerprint density at radius 1 is 1.30 bits per heavy atom. The van der Waals surface area contributed by atoms with Crippen LogP contribution in [0.25, 0.3) is 0 Å². The highest BCUT2D eigenvalue weighted by Gasteiger charge is 2.63. The van der Waals surface area contributed by atoms with Crippen LogP contribution in [-0.2, 0) is 23.9 Å². The van der Waals surface area contributed by atoms with Gasteiger partial charge in [-0.25, -0.2) is 0 Å². The van der Waals surface area contributed by atoms with Gasteiger partial charge in [0, 0.05) is 38.9 Å². The molecule has 0 aromatic carbocycles. The fourth-order valence-corrected chi connectivity index (χ4v) is 4.89. The van der Waals surface area contributed by atoms with Gasteiger partial charge in [-0.2, -0.15) is 0 Å². The van der Waals surface area contributed by atoms with Crippen molar-refractivity contribution >= 4 is 17.8 Å². The van der Waals surface area contributed by atoms with Gasteiger partial charge in [0.25, 0.3) is 0 Å². The van der Waals surface area contributed by atoms with E-state index >= 15 is 0 Å². The van der Waals surface area contributed by atoms with Crippen molar-refractivity contribution < 1.29 is 23.9 Å². The standard InChI is InChI=1S/C20H30N2O5/c1-3-27-19(25)20-9-4-7-14-8-5-11-22(17(14)20)18(24)15(20)13-16(23)21-10-6-12-26-2/h15H,3-13H2,1-2H3,(H,21,23)/t15-,20-/m1/s1. The molecule has 0 bridgehead atoms. The van der Waals surface area contributed by atoms with Gasteiger partial charge < -0.3 is 19.7 Å². The Balaban J connectivity index is 1.87. The van der Waals surface area contributed by atoms with Crippen molar-refractivity contribution in [2.75, 3.05) is 33.4 Å². The molecule has 2 aliphatic heterocycles. The highest BCUT2D eigenvalue weighted by molar-refractivity contribution is 5.99. The van der Waals surface area contributed by atoms with Gasteiger partial charge in [-0.1, -0.05) is 0 Å². The lowest BCUT2D eigenvalue weighted by Crippen LogP contribution is -2.44. The summed E-state index contributed by atoms with van der Waals surface area (Å²) in [7, 11) is 1.62. The Hall–Kier alpha value is -1.89. The van der Waals surface area contributed by atoms with Crippen LogP contribution in [0.1, 0.15) is 51.9 Å². The first-order valence-electron chi connectivity index (χ1n) is 10.0. The van der Waals surface area contributed by atoms with E-state index in [1.54, 1.807) is 18.9 Å². The summed E-state index contributed by atoms with van der Waals surface area (Å²) in [6.07, 6.45) is 4.94. The normalized spacial score (nSPS) is 26.8. The maximum Gasteiger partial charge on any atom is 0.318 e. The number of carbonyl (C=O) groups excluding carboxylic acids is 3. The minimum atomic E-state index is -0.981. The van der Waals surface area contributed by atoms with Crippen LogP contribution in [0.2, 0.25) is 0 Å². The molecule has 27 heavy (non-hydrogen) atoms. The lowest BCUT2D eigenvalue weighted by atomic mass is 9.65. The maximum absolute atomic E-state index is 13.2. The highest BCUT2D eigenvalue weighted by atomic mass is 16.5. The molecule has 3 aliphatic rings. The molecule has 2 heterocycles. The van der Waals surface area contributed by atoms with Crippen LogP contribution < -0.4 is 5.32 Å². The first kappa shape index (κ1) is 19.9. The van der Waals surface area contributed by atoms with Crippen LogP contribution >= 0.6 is 0 Å². The average Bonchev–Trinajstić information content (AvgIpc) is 2.91. The molecule has 3 rings (SSSR count). The van der Waals surface area contributed by atoms with Crippen molar-refractivity contribution in [3.63, 3.8) is 0 Å². The quantitative estimate of drug-likeness (QED) is 0.514. The van der Waals surface area contributed by atoms with Crippen LogP contribution in [0, 0.1) is 11.3 Å². The Morgan fingerprint density at radius 3 is 2.81 bits per heavy atom. The zero-order chi connectivity index (χ0) is 19.4. The summed E-state index contributed by atoms with van der Waals surface area (Å²) in [4.78, 5) is 40.6. The first-order valence-corrected chi connectivity index (χ1v) is 10.0. The number of ether oxygens (including phenoxy) is 2. The molecule has 0 spiro atoms. The van der Waals surface area contributed by atoms with Gasteiger partial charge in [0.15, 0.2) is 0 Å². The molecule has 2 amide bonds. The van der Waals surface area contributed by atoms with Crippen LogP contribution in [0.5, 0.6) is 0 Å². The lowest BCUT2D eigenvalue weighted by Gasteiger charge is -2.39. The van der Waals surface area contributed by atoms with Crippen molar-refractivity contribution in [3.8, 4) is 0 Å². The molecule has 0 aromatic heterocycles. The van der Waals surface area contributed by atoms with E-state index in [0.717, 1.165) is 31.4 Å². The third-order valence-electron chi connectivity index (χ3n) is 5.97. The largest absolute Gasteiger partial charge is 0.465 e. The fraction of sp³-hybridized carbons (Fsp3) is 0.750. The maximum atomic E-state index is 13.2. The lowest BCUT2D eigenvalue weighted by molar-refractivity contribution is -0.158. The summed E-state index contributed by atoms with van der Waals surface area (Å²) in [6, 6.07) is 0. The Labute approximate surface area is 160 Å². The summed E-state index contributed by atoms with van der Waals surface area (Å²) in [5.41, 5.74) is 1.09. The minimum absolute atomic E-state index is 0.0257. The zero-order valence-electron chi connectivity index (χ0n) is 16.3. The topological polar surface area (TPSA) is 84.9 Å². The van der Waals surface area contributed by atoms with Crippen molar-refractivity contribution in [1.82, 2.24) is 10.2 Å². The number of rotatable bonds is 8.